The molecule has 0 saturated carbocycles. The summed E-state index contributed by atoms with van der Waals surface area (Å²) >= 11 is -2.34. The van der Waals surface area contributed by atoms with Gasteiger partial charge in [-0.05, 0) is 35.3 Å². The molecule has 1 atom stereocenters. The van der Waals surface area contributed by atoms with Gasteiger partial charge in [0.15, 0.2) is 0 Å². The predicted octanol–water partition coefficient (Wildman–Crippen LogP) is -1.47. The number of rotatable bonds is 3. The first-order valence-electron chi connectivity index (χ1n) is 3.24. The molecule has 0 N–H and O–H groups in total. The Hall–Kier alpha value is -0.0100. The molecule has 3 nitrogen and oxygen atoms in total. The van der Waals surface area contributed by atoms with Crippen LogP contribution in [0.25, 0.3) is 0 Å². The molecule has 0 amide bonds. The van der Waals surface area contributed by atoms with Gasteiger partial charge in [-0.3, -0.25) is 4.21 Å². The molecule has 0 radical (unpaired) electrons. The molecule has 0 fully saturated rings. The Labute approximate surface area is 104 Å². The smallest absolute Gasteiger partial charge is 0.768 e. The third-order valence-corrected chi connectivity index (χ3v) is 1.90. The SMILES string of the molecule is O=S([O-])c1ccc(OC(F)F)cc1.[Na+]. The van der Waals surface area contributed by atoms with E-state index in [1.807, 2.05) is 0 Å². The van der Waals surface area contributed by atoms with Crippen LogP contribution < -0.4 is 34.3 Å². The first-order chi connectivity index (χ1) is 6.09. The van der Waals surface area contributed by atoms with Gasteiger partial charge in [0, 0.05) is 4.90 Å². The van der Waals surface area contributed by atoms with Gasteiger partial charge in [-0.15, -0.1) is 0 Å². The van der Waals surface area contributed by atoms with E-state index in [9.17, 15) is 17.5 Å². The second-order valence-corrected chi connectivity index (χ2v) is 3.03. The van der Waals surface area contributed by atoms with Crippen molar-refractivity contribution in [2.75, 3.05) is 0 Å². The van der Waals surface area contributed by atoms with Gasteiger partial charge in [-0.1, -0.05) is 0 Å². The van der Waals surface area contributed by atoms with E-state index in [0.29, 0.717) is 0 Å². The zero-order valence-electron chi connectivity index (χ0n) is 7.28. The number of ether oxygens (including phenoxy) is 1. The molecule has 7 heteroatoms. The van der Waals surface area contributed by atoms with Crippen molar-refractivity contribution < 1.29 is 51.8 Å². The van der Waals surface area contributed by atoms with Crippen molar-refractivity contribution in [2.45, 2.75) is 11.5 Å². The van der Waals surface area contributed by atoms with E-state index in [2.05, 4.69) is 4.74 Å². The molecular weight excluding hydrogens is 225 g/mol. The standard InChI is InChI=1S/C7H6F2O3S.Na/c8-7(9)12-5-1-3-6(4-2-5)13(10)11;/h1-4,7H,(H,10,11);/q;+1/p-1. The Morgan fingerprint density at radius 2 is 1.79 bits per heavy atom. The van der Waals surface area contributed by atoms with Crippen LogP contribution in [0.15, 0.2) is 29.2 Å². The second-order valence-electron chi connectivity index (χ2n) is 2.08. The zero-order chi connectivity index (χ0) is 9.84. The van der Waals surface area contributed by atoms with Gasteiger partial charge in [0.25, 0.3) is 0 Å². The molecule has 0 aliphatic carbocycles. The summed E-state index contributed by atoms with van der Waals surface area (Å²) in [6, 6.07) is 4.69. The van der Waals surface area contributed by atoms with Crippen molar-refractivity contribution >= 4 is 11.1 Å². The van der Waals surface area contributed by atoms with Crippen LogP contribution in [0.4, 0.5) is 8.78 Å². The monoisotopic (exact) mass is 230 g/mol. The van der Waals surface area contributed by atoms with Crippen LogP contribution in [0.5, 0.6) is 5.75 Å². The Morgan fingerprint density at radius 3 is 2.14 bits per heavy atom. The molecule has 0 saturated heterocycles. The molecule has 0 heterocycles. The van der Waals surface area contributed by atoms with Crippen molar-refractivity contribution in [1.82, 2.24) is 0 Å². The Kier molecular flexibility index (Phi) is 6.46. The van der Waals surface area contributed by atoms with Crippen LogP contribution in [0, 0.1) is 0 Å². The average Bonchev–Trinajstić information content (AvgIpc) is 2.04. The van der Waals surface area contributed by atoms with E-state index in [-0.39, 0.29) is 40.2 Å². The fourth-order valence-corrected chi connectivity index (χ4v) is 1.09. The largest absolute Gasteiger partial charge is 1.00 e. The maximum absolute atomic E-state index is 11.6. The molecule has 0 aliphatic rings. The van der Waals surface area contributed by atoms with E-state index in [1.54, 1.807) is 0 Å². The summed E-state index contributed by atoms with van der Waals surface area (Å²) in [6.07, 6.45) is 0. The van der Waals surface area contributed by atoms with Gasteiger partial charge < -0.3 is 9.29 Å². The van der Waals surface area contributed by atoms with Crippen LogP contribution in [-0.4, -0.2) is 15.4 Å². The van der Waals surface area contributed by atoms with Crippen molar-refractivity contribution in [3.63, 3.8) is 0 Å². The van der Waals surface area contributed by atoms with E-state index < -0.39 is 17.7 Å². The van der Waals surface area contributed by atoms with E-state index >= 15 is 0 Å². The number of hydrogen-bond acceptors (Lipinski definition) is 3. The maximum Gasteiger partial charge on any atom is 1.00 e. The fourth-order valence-electron chi connectivity index (χ4n) is 0.732. The normalized spacial score (nSPS) is 12.0. The molecule has 0 aromatic heterocycles. The minimum absolute atomic E-state index is 0. The Morgan fingerprint density at radius 1 is 1.29 bits per heavy atom. The van der Waals surface area contributed by atoms with Gasteiger partial charge in [-0.25, -0.2) is 0 Å². The van der Waals surface area contributed by atoms with Crippen molar-refractivity contribution in [3.05, 3.63) is 24.3 Å². The van der Waals surface area contributed by atoms with Crippen LogP contribution in [0.1, 0.15) is 0 Å². The summed E-state index contributed by atoms with van der Waals surface area (Å²) in [5.41, 5.74) is 0. The number of alkyl halides is 2. The number of benzene rings is 1. The molecule has 1 aromatic rings. The third kappa shape index (κ3) is 4.47. The van der Waals surface area contributed by atoms with Gasteiger partial charge in [0.2, 0.25) is 0 Å². The first kappa shape index (κ1) is 14.0. The van der Waals surface area contributed by atoms with Gasteiger partial charge in [-0.2, -0.15) is 8.78 Å². The minimum atomic E-state index is -2.90. The average molecular weight is 230 g/mol. The van der Waals surface area contributed by atoms with Gasteiger partial charge >= 0.3 is 36.2 Å². The maximum atomic E-state index is 11.6. The van der Waals surface area contributed by atoms with Crippen LogP contribution in [-0.2, 0) is 11.1 Å². The summed E-state index contributed by atoms with van der Waals surface area (Å²) in [7, 11) is 0. The fraction of sp³-hybridized carbons (Fsp3) is 0.143. The predicted molar refractivity (Wildman–Crippen MR) is 40.3 cm³/mol. The summed E-state index contributed by atoms with van der Waals surface area (Å²) in [5.74, 6) is -0.0656. The molecule has 0 aliphatic heterocycles. The van der Waals surface area contributed by atoms with E-state index in [0.717, 1.165) is 12.1 Å². The van der Waals surface area contributed by atoms with Gasteiger partial charge in [0.05, 0.1) is 0 Å². The molecule has 72 valence electrons. The van der Waals surface area contributed by atoms with Crippen LogP contribution in [0.2, 0.25) is 0 Å². The summed E-state index contributed by atoms with van der Waals surface area (Å²) in [5, 5.41) is 0. The minimum Gasteiger partial charge on any atom is -0.768 e. The summed E-state index contributed by atoms with van der Waals surface area (Å²) in [4.78, 5) is 0.0293. The van der Waals surface area contributed by atoms with Crippen LogP contribution >= 0.6 is 0 Å². The van der Waals surface area contributed by atoms with E-state index in [4.69, 9.17) is 0 Å². The summed E-state index contributed by atoms with van der Waals surface area (Å²) in [6.45, 7) is -2.90. The Balaban J connectivity index is 0.00000169. The molecule has 1 rings (SSSR count). The number of halogens is 2. The molecule has 14 heavy (non-hydrogen) atoms. The number of hydrogen-bond donors (Lipinski definition) is 0. The van der Waals surface area contributed by atoms with Gasteiger partial charge in [0.1, 0.15) is 5.75 Å². The molecular formula is C7H5F2NaO3S. The quantitative estimate of drug-likeness (QED) is 0.470. The third-order valence-electron chi connectivity index (χ3n) is 1.24. The molecule has 0 spiro atoms. The molecule has 1 unspecified atom stereocenters. The second kappa shape index (κ2) is 6.47. The van der Waals surface area contributed by atoms with Crippen molar-refractivity contribution in [1.29, 1.82) is 0 Å². The Bertz CT molecular complexity index is 304. The molecule has 1 aromatic carbocycles. The summed E-state index contributed by atoms with van der Waals surface area (Å²) < 4.78 is 48.0. The first-order valence-corrected chi connectivity index (χ1v) is 4.31. The zero-order valence-corrected chi connectivity index (χ0v) is 10.1. The van der Waals surface area contributed by atoms with Crippen LogP contribution in [0.3, 0.4) is 0 Å². The van der Waals surface area contributed by atoms with Crippen molar-refractivity contribution in [2.24, 2.45) is 0 Å². The molecule has 0 bridgehead atoms. The van der Waals surface area contributed by atoms with Crippen molar-refractivity contribution in [3.8, 4) is 5.75 Å². The van der Waals surface area contributed by atoms with E-state index in [1.165, 1.54) is 12.1 Å². The topological polar surface area (TPSA) is 49.4 Å².